The third-order valence-corrected chi connectivity index (χ3v) is 5.33. The fourth-order valence-corrected chi connectivity index (χ4v) is 4.18. The summed E-state index contributed by atoms with van der Waals surface area (Å²) in [6.07, 6.45) is 1.66. The van der Waals surface area contributed by atoms with Crippen LogP contribution in [0.15, 0.2) is 0 Å². The second-order valence-electron chi connectivity index (χ2n) is 4.26. The van der Waals surface area contributed by atoms with Gasteiger partial charge in [0.25, 0.3) is 0 Å². The summed E-state index contributed by atoms with van der Waals surface area (Å²) in [5.41, 5.74) is 0.0862. The molecule has 0 spiro atoms. The van der Waals surface area contributed by atoms with Crippen LogP contribution in [-0.2, 0) is 28.5 Å². The highest BCUT2D eigenvalue weighted by Gasteiger charge is 2.23. The third kappa shape index (κ3) is 10.2. The SMILES string of the molecule is O=C(O)COCCOC1CCC(OCCOCC(=O)O)SS1. The minimum absolute atomic E-state index is 0.0431. The van der Waals surface area contributed by atoms with Gasteiger partial charge in [-0.15, -0.1) is 0 Å². The van der Waals surface area contributed by atoms with Crippen LogP contribution in [0, 0.1) is 0 Å². The number of carboxylic acid groups (broad SMARTS) is 2. The van der Waals surface area contributed by atoms with Gasteiger partial charge in [-0.1, -0.05) is 21.6 Å². The van der Waals surface area contributed by atoms with E-state index in [1.165, 1.54) is 0 Å². The lowest BCUT2D eigenvalue weighted by Gasteiger charge is -2.27. The van der Waals surface area contributed by atoms with Crippen LogP contribution in [0.25, 0.3) is 0 Å². The summed E-state index contributed by atoms with van der Waals surface area (Å²) in [4.78, 5) is 20.5. The molecule has 0 aromatic heterocycles. The lowest BCUT2D eigenvalue weighted by Crippen LogP contribution is -2.22. The summed E-state index contributed by atoms with van der Waals surface area (Å²) in [5, 5.41) is 16.8. The molecule has 1 aliphatic heterocycles. The second-order valence-corrected chi connectivity index (χ2v) is 6.85. The van der Waals surface area contributed by atoms with E-state index in [2.05, 4.69) is 0 Å². The smallest absolute Gasteiger partial charge is 0.329 e. The van der Waals surface area contributed by atoms with Gasteiger partial charge in [-0.2, -0.15) is 0 Å². The van der Waals surface area contributed by atoms with E-state index in [0.717, 1.165) is 12.8 Å². The molecule has 1 saturated heterocycles. The van der Waals surface area contributed by atoms with Gasteiger partial charge in [-0.3, -0.25) is 0 Å². The molecule has 0 aliphatic carbocycles. The summed E-state index contributed by atoms with van der Waals surface area (Å²) >= 11 is 0. The highest BCUT2D eigenvalue weighted by atomic mass is 33.1. The minimum atomic E-state index is -0.991. The topological polar surface area (TPSA) is 112 Å². The molecule has 1 aliphatic rings. The molecule has 1 rings (SSSR count). The van der Waals surface area contributed by atoms with E-state index < -0.39 is 11.9 Å². The zero-order chi connectivity index (χ0) is 16.2. The predicted octanol–water partition coefficient (Wildman–Crippen LogP) is 1.05. The maximum Gasteiger partial charge on any atom is 0.329 e. The largest absolute Gasteiger partial charge is 0.480 e. The zero-order valence-electron chi connectivity index (χ0n) is 12.0. The molecule has 0 bridgehead atoms. The summed E-state index contributed by atoms with van der Waals surface area (Å²) in [6, 6.07) is 0. The lowest BCUT2D eigenvalue weighted by molar-refractivity contribution is -0.143. The van der Waals surface area contributed by atoms with E-state index in [1.807, 2.05) is 0 Å². The van der Waals surface area contributed by atoms with Gasteiger partial charge in [0, 0.05) is 0 Å². The lowest BCUT2D eigenvalue weighted by atomic mass is 10.3. The van der Waals surface area contributed by atoms with Gasteiger partial charge in [0.15, 0.2) is 0 Å². The Morgan fingerprint density at radius 1 is 0.818 bits per heavy atom. The van der Waals surface area contributed by atoms with Gasteiger partial charge in [0.2, 0.25) is 0 Å². The van der Waals surface area contributed by atoms with E-state index in [4.69, 9.17) is 29.2 Å². The van der Waals surface area contributed by atoms with Crippen LogP contribution in [0.1, 0.15) is 12.8 Å². The summed E-state index contributed by atoms with van der Waals surface area (Å²) < 4.78 is 20.9. The van der Waals surface area contributed by atoms with Crippen molar-refractivity contribution in [3.8, 4) is 0 Å². The molecule has 2 N–H and O–H groups in total. The first-order chi connectivity index (χ1) is 10.6. The molecular weight excluding hydrogens is 336 g/mol. The summed E-state index contributed by atoms with van der Waals surface area (Å²) in [5.74, 6) is -1.98. The fraction of sp³-hybridized carbons (Fsp3) is 0.833. The molecule has 0 saturated carbocycles. The highest BCUT2D eigenvalue weighted by molar-refractivity contribution is 8.77. The fourth-order valence-electron chi connectivity index (χ4n) is 1.51. The molecular formula is C12H20O8S2. The van der Waals surface area contributed by atoms with Crippen LogP contribution in [0.5, 0.6) is 0 Å². The average Bonchev–Trinajstić information content (AvgIpc) is 2.47. The Bertz CT molecular complexity index is 301. The average molecular weight is 356 g/mol. The van der Waals surface area contributed by atoms with Crippen molar-refractivity contribution in [1.82, 2.24) is 0 Å². The number of carbonyl (C=O) groups is 2. The van der Waals surface area contributed by atoms with E-state index >= 15 is 0 Å². The van der Waals surface area contributed by atoms with E-state index in [0.29, 0.717) is 13.2 Å². The second kappa shape index (κ2) is 12.0. The molecule has 2 atom stereocenters. The van der Waals surface area contributed by atoms with Gasteiger partial charge in [-0.05, 0) is 12.8 Å². The van der Waals surface area contributed by atoms with E-state index in [-0.39, 0.29) is 37.3 Å². The van der Waals surface area contributed by atoms with Gasteiger partial charge < -0.3 is 29.2 Å². The quantitative estimate of drug-likeness (QED) is 0.389. The molecule has 128 valence electrons. The Morgan fingerprint density at radius 3 is 1.55 bits per heavy atom. The van der Waals surface area contributed by atoms with Crippen molar-refractivity contribution in [1.29, 1.82) is 0 Å². The van der Waals surface area contributed by atoms with Crippen molar-refractivity contribution < 1.29 is 38.7 Å². The first kappa shape index (κ1) is 19.5. The molecule has 0 radical (unpaired) electrons. The number of hydrogen-bond donors (Lipinski definition) is 2. The molecule has 1 heterocycles. The van der Waals surface area contributed by atoms with Crippen molar-refractivity contribution in [3.05, 3.63) is 0 Å². The molecule has 10 heteroatoms. The van der Waals surface area contributed by atoms with Crippen LogP contribution in [-0.4, -0.2) is 72.7 Å². The Kier molecular flexibility index (Phi) is 10.6. The number of hydrogen-bond acceptors (Lipinski definition) is 8. The highest BCUT2D eigenvalue weighted by Crippen LogP contribution is 2.41. The Balaban J connectivity index is 1.94. The van der Waals surface area contributed by atoms with Gasteiger partial charge in [-0.25, -0.2) is 9.59 Å². The standard InChI is InChI=1S/C12H20O8S2/c13-9(14)7-17-3-5-19-11-1-2-12(22-21-11)20-6-4-18-8-10(15)16/h11-12H,1-8H2,(H,13,14)(H,15,16). The van der Waals surface area contributed by atoms with Crippen molar-refractivity contribution in [2.24, 2.45) is 0 Å². The van der Waals surface area contributed by atoms with Crippen LogP contribution in [0.2, 0.25) is 0 Å². The maximum atomic E-state index is 10.2. The van der Waals surface area contributed by atoms with Gasteiger partial charge >= 0.3 is 11.9 Å². The first-order valence-electron chi connectivity index (χ1n) is 6.72. The van der Waals surface area contributed by atoms with Crippen molar-refractivity contribution in [2.45, 2.75) is 23.7 Å². The minimum Gasteiger partial charge on any atom is -0.480 e. The van der Waals surface area contributed by atoms with E-state index in [9.17, 15) is 9.59 Å². The predicted molar refractivity (Wildman–Crippen MR) is 80.8 cm³/mol. The molecule has 2 unspecified atom stereocenters. The van der Waals surface area contributed by atoms with Crippen LogP contribution >= 0.6 is 21.6 Å². The molecule has 0 aromatic rings. The Morgan fingerprint density at radius 2 is 1.23 bits per heavy atom. The summed E-state index contributed by atoms with van der Waals surface area (Å²) in [6.45, 7) is 0.620. The first-order valence-corrected chi connectivity index (χ1v) is 9.00. The van der Waals surface area contributed by atoms with Gasteiger partial charge in [0.1, 0.15) is 24.1 Å². The number of carboxylic acids is 2. The zero-order valence-corrected chi connectivity index (χ0v) is 13.6. The van der Waals surface area contributed by atoms with Crippen LogP contribution < -0.4 is 0 Å². The monoisotopic (exact) mass is 356 g/mol. The maximum absolute atomic E-state index is 10.2. The van der Waals surface area contributed by atoms with Crippen molar-refractivity contribution >= 4 is 33.5 Å². The summed E-state index contributed by atoms with van der Waals surface area (Å²) in [7, 11) is 3.13. The van der Waals surface area contributed by atoms with Gasteiger partial charge in [0.05, 0.1) is 26.4 Å². The molecule has 8 nitrogen and oxygen atoms in total. The normalized spacial score (nSPS) is 21.6. The number of aliphatic carboxylic acids is 2. The Hall–Kier alpha value is -0.520. The molecule has 0 aromatic carbocycles. The molecule has 0 amide bonds. The third-order valence-electron chi connectivity index (χ3n) is 2.42. The molecule has 1 fully saturated rings. The number of rotatable bonds is 12. The van der Waals surface area contributed by atoms with Crippen molar-refractivity contribution in [2.75, 3.05) is 39.6 Å². The molecule has 22 heavy (non-hydrogen) atoms. The van der Waals surface area contributed by atoms with Crippen LogP contribution in [0.4, 0.5) is 0 Å². The number of ether oxygens (including phenoxy) is 4. The van der Waals surface area contributed by atoms with Crippen LogP contribution in [0.3, 0.4) is 0 Å². The Labute approximate surface area is 136 Å². The van der Waals surface area contributed by atoms with E-state index in [1.54, 1.807) is 21.6 Å². The van der Waals surface area contributed by atoms with Crippen molar-refractivity contribution in [3.63, 3.8) is 0 Å².